The summed E-state index contributed by atoms with van der Waals surface area (Å²) >= 11 is 4.02. The van der Waals surface area contributed by atoms with Crippen LogP contribution in [-0.4, -0.2) is 33.2 Å². The molecule has 0 aliphatic heterocycles. The first-order chi connectivity index (χ1) is 7.84. The number of rotatable bonds is 6. The highest BCUT2D eigenvalue weighted by molar-refractivity contribution is 8.00. The normalized spacial score (nSPS) is 23.6. The summed E-state index contributed by atoms with van der Waals surface area (Å²) in [6, 6.07) is 0. The van der Waals surface area contributed by atoms with Crippen LogP contribution in [0.4, 0.5) is 0 Å². The molecule has 2 rings (SSSR count). The molecule has 0 amide bonds. The monoisotopic (exact) mass is 260 g/mol. The predicted octanol–water partition coefficient (Wildman–Crippen LogP) is 3.70. The average Bonchev–Trinajstić information content (AvgIpc) is 2.96. The highest BCUT2D eigenvalue weighted by Gasteiger charge is 2.19. The van der Waals surface area contributed by atoms with Crippen LogP contribution in [-0.2, 0) is 0 Å². The summed E-state index contributed by atoms with van der Waals surface area (Å²) in [7, 11) is 0. The highest BCUT2D eigenvalue weighted by Crippen LogP contribution is 2.32. The minimum atomic E-state index is -0.0730. The van der Waals surface area contributed by atoms with Gasteiger partial charge in [-0.05, 0) is 25.7 Å². The van der Waals surface area contributed by atoms with Gasteiger partial charge in [-0.3, -0.25) is 0 Å². The molecule has 2 saturated carbocycles. The van der Waals surface area contributed by atoms with Crippen LogP contribution in [0.2, 0.25) is 0 Å². The van der Waals surface area contributed by atoms with Gasteiger partial charge in [0.25, 0.3) is 0 Å². The number of aliphatic hydroxyl groups excluding tert-OH is 1. The van der Waals surface area contributed by atoms with Crippen LogP contribution in [0, 0.1) is 0 Å². The van der Waals surface area contributed by atoms with Gasteiger partial charge in [0, 0.05) is 22.0 Å². The summed E-state index contributed by atoms with van der Waals surface area (Å²) in [4.78, 5) is 0. The Morgan fingerprint density at radius 1 is 0.812 bits per heavy atom. The Balaban J connectivity index is 1.51. The first kappa shape index (κ1) is 13.1. The van der Waals surface area contributed by atoms with Crippen molar-refractivity contribution >= 4 is 23.5 Å². The van der Waals surface area contributed by atoms with Crippen molar-refractivity contribution in [2.45, 2.75) is 68.0 Å². The lowest BCUT2D eigenvalue weighted by Gasteiger charge is -2.15. The molecule has 2 aliphatic rings. The van der Waals surface area contributed by atoms with E-state index in [2.05, 4.69) is 0 Å². The molecule has 1 nitrogen and oxygen atoms in total. The van der Waals surface area contributed by atoms with Crippen molar-refractivity contribution in [3.63, 3.8) is 0 Å². The smallest absolute Gasteiger partial charge is 0.0721 e. The summed E-state index contributed by atoms with van der Waals surface area (Å²) in [6.07, 6.45) is 11.1. The molecule has 0 spiro atoms. The van der Waals surface area contributed by atoms with Gasteiger partial charge in [-0.15, -0.1) is 0 Å². The molecule has 0 aromatic carbocycles. The molecule has 0 heterocycles. The van der Waals surface area contributed by atoms with E-state index in [-0.39, 0.29) is 6.10 Å². The van der Waals surface area contributed by atoms with Crippen LogP contribution < -0.4 is 0 Å². The first-order valence-electron chi connectivity index (χ1n) is 6.76. The molecule has 1 N–H and O–H groups in total. The third kappa shape index (κ3) is 4.50. The second kappa shape index (κ2) is 7.17. The minimum Gasteiger partial charge on any atom is -0.391 e. The van der Waals surface area contributed by atoms with Gasteiger partial charge in [0.1, 0.15) is 0 Å². The van der Waals surface area contributed by atoms with Crippen molar-refractivity contribution in [1.82, 2.24) is 0 Å². The van der Waals surface area contributed by atoms with Gasteiger partial charge in [0.2, 0.25) is 0 Å². The zero-order valence-electron chi connectivity index (χ0n) is 10.1. The van der Waals surface area contributed by atoms with E-state index in [0.29, 0.717) is 0 Å². The van der Waals surface area contributed by atoms with E-state index in [0.717, 1.165) is 22.0 Å². The second-order valence-electron chi connectivity index (χ2n) is 5.13. The number of hydrogen-bond donors (Lipinski definition) is 1. The number of aliphatic hydroxyl groups is 1. The topological polar surface area (TPSA) is 20.2 Å². The van der Waals surface area contributed by atoms with E-state index in [1.54, 1.807) is 0 Å². The molecule has 0 radical (unpaired) electrons. The molecule has 0 aromatic heterocycles. The van der Waals surface area contributed by atoms with Crippen LogP contribution in [0.15, 0.2) is 0 Å². The third-order valence-corrected chi connectivity index (χ3v) is 6.69. The molecular weight excluding hydrogens is 236 g/mol. The van der Waals surface area contributed by atoms with Crippen LogP contribution >= 0.6 is 23.5 Å². The average molecular weight is 260 g/mol. The van der Waals surface area contributed by atoms with Gasteiger partial charge >= 0.3 is 0 Å². The number of thioether (sulfide) groups is 2. The van der Waals surface area contributed by atoms with Crippen molar-refractivity contribution in [2.24, 2.45) is 0 Å². The number of hydrogen-bond acceptors (Lipinski definition) is 3. The zero-order chi connectivity index (χ0) is 11.2. The Morgan fingerprint density at radius 3 is 1.56 bits per heavy atom. The Kier molecular flexibility index (Phi) is 5.87. The maximum absolute atomic E-state index is 9.93. The Labute approximate surface area is 108 Å². The molecule has 0 unspecified atom stereocenters. The molecule has 16 heavy (non-hydrogen) atoms. The summed E-state index contributed by atoms with van der Waals surface area (Å²) in [5, 5.41) is 11.6. The third-order valence-electron chi connectivity index (χ3n) is 3.65. The van der Waals surface area contributed by atoms with Crippen LogP contribution in [0.5, 0.6) is 0 Å². The van der Waals surface area contributed by atoms with Crippen LogP contribution in [0.1, 0.15) is 51.4 Å². The fourth-order valence-electron chi connectivity index (χ4n) is 2.65. The second-order valence-corrected chi connectivity index (χ2v) is 7.80. The largest absolute Gasteiger partial charge is 0.391 e. The predicted molar refractivity (Wildman–Crippen MR) is 75.4 cm³/mol. The van der Waals surface area contributed by atoms with Crippen LogP contribution in [0.25, 0.3) is 0 Å². The van der Waals surface area contributed by atoms with Crippen molar-refractivity contribution in [3.8, 4) is 0 Å². The molecule has 2 fully saturated rings. The van der Waals surface area contributed by atoms with E-state index < -0.39 is 0 Å². The van der Waals surface area contributed by atoms with Crippen molar-refractivity contribution in [2.75, 3.05) is 11.5 Å². The minimum absolute atomic E-state index is 0.0730. The van der Waals surface area contributed by atoms with Gasteiger partial charge in [0.15, 0.2) is 0 Å². The Hall–Kier alpha value is 0.660. The van der Waals surface area contributed by atoms with E-state index in [1.807, 2.05) is 23.5 Å². The van der Waals surface area contributed by atoms with Crippen LogP contribution in [0.3, 0.4) is 0 Å². The SMILES string of the molecule is OC(CSC1CCCC1)CSC1CCCC1. The summed E-state index contributed by atoms with van der Waals surface area (Å²) < 4.78 is 0. The van der Waals surface area contributed by atoms with E-state index in [4.69, 9.17) is 0 Å². The van der Waals surface area contributed by atoms with Gasteiger partial charge in [-0.1, -0.05) is 25.7 Å². The summed E-state index contributed by atoms with van der Waals surface area (Å²) in [5.41, 5.74) is 0. The first-order valence-corrected chi connectivity index (χ1v) is 8.85. The lowest BCUT2D eigenvalue weighted by Crippen LogP contribution is -2.17. The fraction of sp³-hybridized carbons (Fsp3) is 1.00. The van der Waals surface area contributed by atoms with Crippen molar-refractivity contribution in [1.29, 1.82) is 0 Å². The molecule has 3 heteroatoms. The molecular formula is C13H24OS2. The van der Waals surface area contributed by atoms with Gasteiger partial charge < -0.3 is 5.11 Å². The Bertz CT molecular complexity index is 166. The summed E-state index contributed by atoms with van der Waals surface area (Å²) in [5.74, 6) is 1.93. The molecule has 0 bridgehead atoms. The maximum Gasteiger partial charge on any atom is 0.0721 e. The van der Waals surface area contributed by atoms with E-state index in [9.17, 15) is 5.11 Å². The molecule has 94 valence electrons. The quantitative estimate of drug-likeness (QED) is 0.786. The zero-order valence-corrected chi connectivity index (χ0v) is 11.7. The molecule has 0 saturated heterocycles. The fourth-order valence-corrected chi connectivity index (χ4v) is 5.36. The van der Waals surface area contributed by atoms with Crippen molar-refractivity contribution in [3.05, 3.63) is 0 Å². The van der Waals surface area contributed by atoms with Gasteiger partial charge in [0.05, 0.1) is 6.10 Å². The standard InChI is InChI=1S/C13H24OS2/c14-11(9-15-12-5-1-2-6-12)10-16-13-7-3-4-8-13/h11-14H,1-10H2. The maximum atomic E-state index is 9.93. The molecule has 0 atom stereocenters. The lowest BCUT2D eigenvalue weighted by atomic mass is 10.4. The van der Waals surface area contributed by atoms with E-state index >= 15 is 0 Å². The van der Waals surface area contributed by atoms with Crippen molar-refractivity contribution < 1.29 is 5.11 Å². The molecule has 2 aliphatic carbocycles. The van der Waals surface area contributed by atoms with Gasteiger partial charge in [-0.2, -0.15) is 23.5 Å². The summed E-state index contributed by atoms with van der Waals surface area (Å²) in [6.45, 7) is 0. The molecule has 0 aromatic rings. The van der Waals surface area contributed by atoms with E-state index in [1.165, 1.54) is 51.4 Å². The van der Waals surface area contributed by atoms with Gasteiger partial charge in [-0.25, -0.2) is 0 Å². The Morgan fingerprint density at radius 2 is 1.19 bits per heavy atom. The lowest BCUT2D eigenvalue weighted by molar-refractivity contribution is 0.225. The highest BCUT2D eigenvalue weighted by atomic mass is 32.2.